The van der Waals surface area contributed by atoms with E-state index in [1.807, 2.05) is 18.2 Å². The zero-order valence-corrected chi connectivity index (χ0v) is 12.4. The maximum absolute atomic E-state index is 12.0. The monoisotopic (exact) mass is 300 g/mol. The van der Waals surface area contributed by atoms with Crippen LogP contribution >= 0.6 is 0 Å². The molecule has 0 spiro atoms. The van der Waals surface area contributed by atoms with Gasteiger partial charge in [0.25, 0.3) is 0 Å². The molecule has 0 unspecified atom stereocenters. The quantitative estimate of drug-likeness (QED) is 0.911. The second-order valence-electron chi connectivity index (χ2n) is 5.46. The summed E-state index contributed by atoms with van der Waals surface area (Å²) in [6, 6.07) is 5.79. The molecule has 0 saturated carbocycles. The normalized spacial score (nSPS) is 15.7. The molecule has 0 aliphatic carbocycles. The van der Waals surface area contributed by atoms with Gasteiger partial charge in [-0.2, -0.15) is 0 Å². The number of aromatic nitrogens is 2. The van der Waals surface area contributed by atoms with Crippen molar-refractivity contribution in [3.8, 4) is 0 Å². The highest BCUT2D eigenvalue weighted by Crippen LogP contribution is 2.15. The summed E-state index contributed by atoms with van der Waals surface area (Å²) in [7, 11) is 0. The van der Waals surface area contributed by atoms with Gasteiger partial charge in [-0.3, -0.25) is 4.79 Å². The first-order valence-corrected chi connectivity index (χ1v) is 7.65. The van der Waals surface area contributed by atoms with Gasteiger partial charge in [0.05, 0.1) is 6.26 Å². The number of furan rings is 1. The summed E-state index contributed by atoms with van der Waals surface area (Å²) in [5.41, 5.74) is 0. The zero-order chi connectivity index (χ0) is 15.2. The van der Waals surface area contributed by atoms with Crippen LogP contribution < -0.4 is 10.2 Å². The van der Waals surface area contributed by atoms with E-state index in [1.165, 1.54) is 0 Å². The Kier molecular flexibility index (Phi) is 4.68. The average molecular weight is 300 g/mol. The van der Waals surface area contributed by atoms with Gasteiger partial charge < -0.3 is 14.6 Å². The minimum atomic E-state index is 0.0887. The first kappa shape index (κ1) is 14.6. The number of nitrogens with one attached hydrogen (secondary N) is 1. The Morgan fingerprint density at radius 2 is 2.05 bits per heavy atom. The van der Waals surface area contributed by atoms with Crippen molar-refractivity contribution in [3.05, 3.63) is 42.6 Å². The molecule has 1 saturated heterocycles. The van der Waals surface area contributed by atoms with Crippen LogP contribution in [0.3, 0.4) is 0 Å². The van der Waals surface area contributed by atoms with Crippen LogP contribution in [0.4, 0.5) is 5.95 Å². The molecule has 1 aliphatic heterocycles. The average Bonchev–Trinajstić information content (AvgIpc) is 3.08. The maximum Gasteiger partial charge on any atom is 0.225 e. The standard InChI is InChI=1S/C16H20N4O2/c21-15(5-4-14-3-1-12-22-14)19-13-6-10-20(11-7-13)16-17-8-2-9-18-16/h1-3,8-9,12-13H,4-7,10-11H2,(H,19,21). The molecule has 0 aromatic carbocycles. The summed E-state index contributed by atoms with van der Waals surface area (Å²) in [5.74, 6) is 1.71. The highest BCUT2D eigenvalue weighted by molar-refractivity contribution is 5.76. The van der Waals surface area contributed by atoms with E-state index < -0.39 is 0 Å². The van der Waals surface area contributed by atoms with E-state index in [9.17, 15) is 4.79 Å². The molecule has 1 fully saturated rings. The minimum Gasteiger partial charge on any atom is -0.469 e. The maximum atomic E-state index is 12.0. The van der Waals surface area contributed by atoms with Crippen molar-refractivity contribution in [1.82, 2.24) is 15.3 Å². The summed E-state index contributed by atoms with van der Waals surface area (Å²) in [5, 5.41) is 3.11. The number of amides is 1. The number of carbonyl (C=O) groups excluding carboxylic acids is 1. The SMILES string of the molecule is O=C(CCc1ccco1)NC1CCN(c2ncccn2)CC1. The molecule has 0 bridgehead atoms. The van der Waals surface area contributed by atoms with Crippen molar-refractivity contribution < 1.29 is 9.21 Å². The first-order valence-electron chi connectivity index (χ1n) is 7.65. The second-order valence-corrected chi connectivity index (χ2v) is 5.46. The molecule has 2 aromatic heterocycles. The molecule has 6 heteroatoms. The van der Waals surface area contributed by atoms with Crippen molar-refractivity contribution in [1.29, 1.82) is 0 Å². The van der Waals surface area contributed by atoms with Crippen LogP contribution in [0.2, 0.25) is 0 Å². The zero-order valence-electron chi connectivity index (χ0n) is 12.4. The van der Waals surface area contributed by atoms with Crippen LogP contribution in [0.25, 0.3) is 0 Å². The van der Waals surface area contributed by atoms with Gasteiger partial charge in [0.1, 0.15) is 5.76 Å². The van der Waals surface area contributed by atoms with Crippen molar-refractivity contribution in [2.24, 2.45) is 0 Å². The van der Waals surface area contributed by atoms with E-state index in [0.717, 1.165) is 37.6 Å². The van der Waals surface area contributed by atoms with Gasteiger partial charge in [-0.1, -0.05) is 0 Å². The number of hydrogen-bond acceptors (Lipinski definition) is 5. The van der Waals surface area contributed by atoms with Gasteiger partial charge in [0.2, 0.25) is 11.9 Å². The number of aryl methyl sites for hydroxylation is 1. The van der Waals surface area contributed by atoms with Gasteiger partial charge in [0.15, 0.2) is 0 Å². The number of rotatable bonds is 5. The molecule has 1 amide bonds. The Labute approximate surface area is 129 Å². The third-order valence-corrected chi connectivity index (χ3v) is 3.87. The van der Waals surface area contributed by atoms with Gasteiger partial charge in [-0.05, 0) is 31.0 Å². The highest BCUT2D eigenvalue weighted by atomic mass is 16.3. The van der Waals surface area contributed by atoms with Crippen molar-refractivity contribution >= 4 is 11.9 Å². The number of carbonyl (C=O) groups is 1. The molecule has 3 heterocycles. The summed E-state index contributed by atoms with van der Waals surface area (Å²) < 4.78 is 5.24. The Balaban J connectivity index is 1.41. The van der Waals surface area contributed by atoms with Gasteiger partial charge in [-0.15, -0.1) is 0 Å². The topological polar surface area (TPSA) is 71.3 Å². The van der Waals surface area contributed by atoms with E-state index in [0.29, 0.717) is 12.8 Å². The largest absolute Gasteiger partial charge is 0.469 e. The summed E-state index contributed by atoms with van der Waals surface area (Å²) in [6.45, 7) is 1.74. The lowest BCUT2D eigenvalue weighted by molar-refractivity contribution is -0.121. The predicted molar refractivity (Wildman–Crippen MR) is 82.4 cm³/mol. The smallest absolute Gasteiger partial charge is 0.225 e. The van der Waals surface area contributed by atoms with Crippen molar-refractivity contribution in [3.63, 3.8) is 0 Å². The fraction of sp³-hybridized carbons (Fsp3) is 0.438. The predicted octanol–water partition coefficient (Wildman–Crippen LogP) is 1.79. The Morgan fingerprint density at radius 3 is 2.73 bits per heavy atom. The third kappa shape index (κ3) is 3.84. The van der Waals surface area contributed by atoms with E-state index >= 15 is 0 Å². The fourth-order valence-electron chi connectivity index (χ4n) is 2.67. The van der Waals surface area contributed by atoms with Gasteiger partial charge in [0, 0.05) is 44.4 Å². The molecule has 22 heavy (non-hydrogen) atoms. The van der Waals surface area contributed by atoms with Crippen LogP contribution in [0.15, 0.2) is 41.3 Å². The Bertz CT molecular complexity index is 577. The van der Waals surface area contributed by atoms with Crippen LogP contribution in [-0.4, -0.2) is 35.0 Å². The van der Waals surface area contributed by atoms with Crippen molar-refractivity contribution in [2.75, 3.05) is 18.0 Å². The first-order chi connectivity index (χ1) is 10.8. The van der Waals surface area contributed by atoms with Crippen LogP contribution in [0.5, 0.6) is 0 Å². The molecule has 3 rings (SSSR count). The summed E-state index contributed by atoms with van der Waals surface area (Å²) >= 11 is 0. The number of hydrogen-bond donors (Lipinski definition) is 1. The van der Waals surface area contributed by atoms with Gasteiger partial charge >= 0.3 is 0 Å². The molecule has 116 valence electrons. The lowest BCUT2D eigenvalue weighted by atomic mass is 10.0. The summed E-state index contributed by atoms with van der Waals surface area (Å²) in [6.07, 6.45) is 8.10. The van der Waals surface area contributed by atoms with E-state index in [4.69, 9.17) is 4.42 Å². The van der Waals surface area contributed by atoms with E-state index in [2.05, 4.69) is 20.2 Å². The molecule has 0 radical (unpaired) electrons. The lowest BCUT2D eigenvalue weighted by Crippen LogP contribution is -2.45. The van der Waals surface area contributed by atoms with Crippen LogP contribution in [-0.2, 0) is 11.2 Å². The van der Waals surface area contributed by atoms with Crippen LogP contribution in [0.1, 0.15) is 25.0 Å². The van der Waals surface area contributed by atoms with Crippen LogP contribution in [0, 0.1) is 0 Å². The summed E-state index contributed by atoms with van der Waals surface area (Å²) in [4.78, 5) is 22.7. The van der Waals surface area contributed by atoms with Gasteiger partial charge in [-0.25, -0.2) is 9.97 Å². The number of piperidine rings is 1. The fourth-order valence-corrected chi connectivity index (χ4v) is 2.67. The molecule has 1 N–H and O–H groups in total. The molecule has 1 aliphatic rings. The lowest BCUT2D eigenvalue weighted by Gasteiger charge is -2.32. The van der Waals surface area contributed by atoms with E-state index in [-0.39, 0.29) is 11.9 Å². The number of nitrogens with zero attached hydrogens (tertiary/aromatic N) is 3. The molecule has 2 aromatic rings. The molecular formula is C16H20N4O2. The molecule has 6 nitrogen and oxygen atoms in total. The molecule has 0 atom stereocenters. The molecular weight excluding hydrogens is 280 g/mol. The second kappa shape index (κ2) is 7.06. The van der Waals surface area contributed by atoms with E-state index in [1.54, 1.807) is 18.7 Å². The Morgan fingerprint density at radius 1 is 1.27 bits per heavy atom. The highest BCUT2D eigenvalue weighted by Gasteiger charge is 2.21. The minimum absolute atomic E-state index is 0.0887. The number of anilines is 1. The Hall–Kier alpha value is -2.37. The third-order valence-electron chi connectivity index (χ3n) is 3.87. The van der Waals surface area contributed by atoms with Crippen molar-refractivity contribution in [2.45, 2.75) is 31.7 Å².